The third-order valence-electron chi connectivity index (χ3n) is 5.71. The summed E-state index contributed by atoms with van der Waals surface area (Å²) < 4.78 is 51.1. The van der Waals surface area contributed by atoms with Gasteiger partial charge in [0.15, 0.2) is 21.3 Å². The van der Waals surface area contributed by atoms with Crippen LogP contribution in [0, 0.1) is 5.82 Å². The van der Waals surface area contributed by atoms with E-state index in [1.807, 2.05) is 0 Å². The number of carbonyl (C=O) groups excluding carboxylic acids is 2. The van der Waals surface area contributed by atoms with Crippen molar-refractivity contribution in [1.29, 1.82) is 0 Å². The number of methoxy groups -OCH3 is 2. The Balaban J connectivity index is 1.70. The van der Waals surface area contributed by atoms with E-state index >= 15 is 0 Å². The largest absolute Gasteiger partial charge is 0.493 e. The number of rotatable bonds is 6. The third-order valence-corrected chi connectivity index (χ3v) is 7.85. The van der Waals surface area contributed by atoms with E-state index in [4.69, 9.17) is 9.47 Å². The molecule has 2 amide bonds. The van der Waals surface area contributed by atoms with Gasteiger partial charge < -0.3 is 19.7 Å². The maximum Gasteiger partial charge on any atom is 0.244 e. The van der Waals surface area contributed by atoms with Crippen LogP contribution in [-0.4, -0.2) is 41.0 Å². The monoisotopic (exact) mass is 498 g/mol. The molecular weight excluding hydrogens is 475 g/mol. The van der Waals surface area contributed by atoms with Gasteiger partial charge in [0.1, 0.15) is 12.4 Å². The number of sulfone groups is 1. The van der Waals surface area contributed by atoms with Gasteiger partial charge in [-0.25, -0.2) is 12.8 Å². The van der Waals surface area contributed by atoms with Crippen molar-refractivity contribution in [3.8, 4) is 11.5 Å². The highest BCUT2D eigenvalue weighted by Crippen LogP contribution is 2.42. The molecule has 1 N–H and O–H groups in total. The minimum atomic E-state index is -4.01. The predicted molar refractivity (Wildman–Crippen MR) is 128 cm³/mol. The predicted octanol–water partition coefficient (Wildman–Crippen LogP) is 3.73. The van der Waals surface area contributed by atoms with Gasteiger partial charge >= 0.3 is 0 Å². The Hall–Kier alpha value is -3.92. The van der Waals surface area contributed by atoms with Gasteiger partial charge in [0, 0.05) is 12.1 Å². The number of para-hydroxylation sites is 1. The van der Waals surface area contributed by atoms with Crippen LogP contribution in [0.4, 0.5) is 15.8 Å². The number of ether oxygens (including phenoxy) is 2. The Morgan fingerprint density at radius 2 is 1.71 bits per heavy atom. The first-order valence-corrected chi connectivity index (χ1v) is 12.2. The van der Waals surface area contributed by atoms with Gasteiger partial charge in [0.25, 0.3) is 0 Å². The van der Waals surface area contributed by atoms with Crippen molar-refractivity contribution in [2.75, 3.05) is 31.0 Å². The molecule has 1 heterocycles. The van der Waals surface area contributed by atoms with Crippen LogP contribution in [0.1, 0.15) is 17.2 Å². The molecule has 0 fully saturated rings. The van der Waals surface area contributed by atoms with E-state index in [-0.39, 0.29) is 17.0 Å². The summed E-state index contributed by atoms with van der Waals surface area (Å²) in [5.41, 5.74) is 0.834. The lowest BCUT2D eigenvalue weighted by Gasteiger charge is -2.21. The molecule has 1 unspecified atom stereocenters. The maximum atomic E-state index is 13.7. The number of carbonyl (C=O) groups is 2. The number of anilines is 2. The number of nitrogens with one attached hydrogen (secondary N) is 1. The molecule has 35 heavy (non-hydrogen) atoms. The van der Waals surface area contributed by atoms with Gasteiger partial charge in [0.2, 0.25) is 11.8 Å². The van der Waals surface area contributed by atoms with Crippen molar-refractivity contribution in [2.45, 2.75) is 16.6 Å². The second kappa shape index (κ2) is 9.75. The number of halogens is 1. The third kappa shape index (κ3) is 4.83. The van der Waals surface area contributed by atoms with Crippen LogP contribution in [0.2, 0.25) is 0 Å². The molecule has 4 rings (SSSR count). The summed E-state index contributed by atoms with van der Waals surface area (Å²) in [6, 6.07) is 16.0. The van der Waals surface area contributed by atoms with Crippen LogP contribution in [0.25, 0.3) is 0 Å². The Kier molecular flexibility index (Phi) is 6.74. The Bertz CT molecular complexity index is 1370. The number of hydrogen-bond donors (Lipinski definition) is 1. The molecule has 3 aromatic carbocycles. The van der Waals surface area contributed by atoms with Crippen molar-refractivity contribution in [2.24, 2.45) is 0 Å². The standard InChI is InChI=1S/C25H23FN2O6S/c1-33-20-12-7-16(13-21(20)34-2)23-14-25(30)28(19-5-3-4-6-22(19)35(23,31)32)15-24(29)27-18-10-8-17(26)9-11-18/h3-13,23H,14-15H2,1-2H3,(H,27,29). The van der Waals surface area contributed by atoms with Gasteiger partial charge in [-0.1, -0.05) is 18.2 Å². The number of fused-ring (bicyclic) bond motifs is 1. The minimum absolute atomic E-state index is 0.0554. The van der Waals surface area contributed by atoms with E-state index in [0.717, 1.165) is 4.90 Å². The van der Waals surface area contributed by atoms with Crippen LogP contribution in [-0.2, 0) is 19.4 Å². The van der Waals surface area contributed by atoms with Gasteiger partial charge in [-0.3, -0.25) is 9.59 Å². The molecule has 0 saturated heterocycles. The maximum absolute atomic E-state index is 13.7. The normalized spacial score (nSPS) is 16.7. The van der Waals surface area contributed by atoms with Gasteiger partial charge in [-0.2, -0.15) is 0 Å². The SMILES string of the molecule is COc1ccc(C2CC(=O)N(CC(=O)Nc3ccc(F)cc3)c3ccccc3S2(=O)=O)cc1OC. The molecule has 0 saturated carbocycles. The van der Waals surface area contributed by atoms with Crippen LogP contribution in [0.15, 0.2) is 71.6 Å². The van der Waals surface area contributed by atoms with Gasteiger partial charge in [-0.05, 0) is 54.1 Å². The molecule has 1 aliphatic heterocycles. The summed E-state index contributed by atoms with van der Waals surface area (Å²) >= 11 is 0. The molecular formula is C25H23FN2O6S. The van der Waals surface area contributed by atoms with Crippen molar-refractivity contribution >= 4 is 33.0 Å². The number of nitrogens with zero attached hydrogens (tertiary/aromatic N) is 1. The minimum Gasteiger partial charge on any atom is -0.493 e. The van der Waals surface area contributed by atoms with Gasteiger partial charge in [0.05, 0.1) is 30.1 Å². The number of benzene rings is 3. The zero-order chi connectivity index (χ0) is 25.2. The highest BCUT2D eigenvalue weighted by atomic mass is 32.2. The summed E-state index contributed by atoms with van der Waals surface area (Å²) in [7, 11) is -1.11. The molecule has 0 aromatic heterocycles. The smallest absolute Gasteiger partial charge is 0.244 e. The molecule has 0 spiro atoms. The van der Waals surface area contributed by atoms with E-state index < -0.39 is 39.3 Å². The van der Waals surface area contributed by atoms with Crippen molar-refractivity contribution in [3.63, 3.8) is 0 Å². The summed E-state index contributed by atoms with van der Waals surface area (Å²) in [4.78, 5) is 27.2. The zero-order valence-corrected chi connectivity index (χ0v) is 19.8. The Morgan fingerprint density at radius 3 is 2.40 bits per heavy atom. The fraction of sp³-hybridized carbons (Fsp3) is 0.200. The van der Waals surface area contributed by atoms with Crippen molar-refractivity contribution in [3.05, 3.63) is 78.1 Å². The zero-order valence-electron chi connectivity index (χ0n) is 19.0. The second-order valence-electron chi connectivity index (χ2n) is 7.85. The Labute approximate surface area is 202 Å². The molecule has 0 bridgehead atoms. The van der Waals surface area contributed by atoms with E-state index in [1.54, 1.807) is 24.3 Å². The average molecular weight is 499 g/mol. The Morgan fingerprint density at radius 1 is 1.03 bits per heavy atom. The summed E-state index contributed by atoms with van der Waals surface area (Å²) in [6.07, 6.45) is -0.379. The molecule has 10 heteroatoms. The average Bonchev–Trinajstić information content (AvgIpc) is 2.93. The van der Waals surface area contributed by atoms with Crippen LogP contribution >= 0.6 is 0 Å². The molecule has 3 aromatic rings. The first-order valence-electron chi connectivity index (χ1n) is 10.6. The van der Waals surface area contributed by atoms with Crippen LogP contribution < -0.4 is 19.7 Å². The van der Waals surface area contributed by atoms with E-state index in [1.165, 1.54) is 56.7 Å². The number of hydrogen-bond acceptors (Lipinski definition) is 6. The van der Waals surface area contributed by atoms with Crippen LogP contribution in [0.3, 0.4) is 0 Å². The second-order valence-corrected chi connectivity index (χ2v) is 9.95. The lowest BCUT2D eigenvalue weighted by molar-refractivity contribution is -0.121. The highest BCUT2D eigenvalue weighted by molar-refractivity contribution is 7.92. The first kappa shape index (κ1) is 24.2. The highest BCUT2D eigenvalue weighted by Gasteiger charge is 2.40. The quantitative estimate of drug-likeness (QED) is 0.556. The topological polar surface area (TPSA) is 102 Å². The van der Waals surface area contributed by atoms with Crippen molar-refractivity contribution < 1.29 is 31.9 Å². The van der Waals surface area contributed by atoms with Gasteiger partial charge in [-0.15, -0.1) is 0 Å². The summed E-state index contributed by atoms with van der Waals surface area (Å²) in [6.45, 7) is -0.415. The first-order chi connectivity index (χ1) is 16.7. The van der Waals surface area contributed by atoms with Crippen LogP contribution in [0.5, 0.6) is 11.5 Å². The molecule has 1 aliphatic rings. The number of amides is 2. The molecule has 1 atom stereocenters. The lowest BCUT2D eigenvalue weighted by atomic mass is 10.1. The van der Waals surface area contributed by atoms with E-state index in [9.17, 15) is 22.4 Å². The van der Waals surface area contributed by atoms with E-state index in [0.29, 0.717) is 22.7 Å². The fourth-order valence-corrected chi connectivity index (χ4v) is 5.90. The summed E-state index contributed by atoms with van der Waals surface area (Å²) in [5, 5.41) is 1.41. The molecule has 182 valence electrons. The fourth-order valence-electron chi connectivity index (χ4n) is 3.99. The molecule has 8 nitrogen and oxygen atoms in total. The molecule has 0 aliphatic carbocycles. The molecule has 0 radical (unpaired) electrons. The lowest BCUT2D eigenvalue weighted by Crippen LogP contribution is -2.38. The summed E-state index contributed by atoms with van der Waals surface area (Å²) in [5.74, 6) is -0.783. The van der Waals surface area contributed by atoms with E-state index in [2.05, 4.69) is 5.32 Å². The van der Waals surface area contributed by atoms with Crippen molar-refractivity contribution in [1.82, 2.24) is 0 Å².